The monoisotopic (exact) mass is 540 g/mol. The van der Waals surface area contributed by atoms with Gasteiger partial charge in [0.2, 0.25) is 0 Å². The smallest absolute Gasteiger partial charge is 0.0753 e. The predicted octanol–water partition coefficient (Wildman–Crippen LogP) is 10.1. The molecule has 4 aromatic carbocycles. The third-order valence-electron chi connectivity index (χ3n) is 9.51. The normalized spacial score (nSPS) is 15.0. The van der Waals surface area contributed by atoms with E-state index in [2.05, 4.69) is 149 Å². The van der Waals surface area contributed by atoms with Crippen molar-refractivity contribution in [3.63, 3.8) is 0 Å². The fraction of sp³-hybridized carbons (Fsp3) is 0.150. The summed E-state index contributed by atoms with van der Waals surface area (Å²) in [4.78, 5) is 10.5. The van der Waals surface area contributed by atoms with Gasteiger partial charge >= 0.3 is 0 Å². The third-order valence-corrected chi connectivity index (χ3v) is 9.51. The van der Waals surface area contributed by atoms with E-state index < -0.39 is 0 Å². The summed E-state index contributed by atoms with van der Waals surface area (Å²) in [6.45, 7) is 9.24. The van der Waals surface area contributed by atoms with Crippen LogP contribution < -0.4 is 0 Å². The Balaban J connectivity index is 1.26. The number of rotatable bonds is 3. The molecule has 0 fully saturated rings. The number of fused-ring (bicyclic) bond motifs is 6. The molecule has 2 heteroatoms. The molecule has 0 unspecified atom stereocenters. The lowest BCUT2D eigenvalue weighted by Crippen LogP contribution is -2.15. The molecular weight excluding hydrogens is 508 g/mol. The van der Waals surface area contributed by atoms with Crippen LogP contribution >= 0.6 is 0 Å². The summed E-state index contributed by atoms with van der Waals surface area (Å²) < 4.78 is 0. The van der Waals surface area contributed by atoms with E-state index in [0.29, 0.717) is 0 Å². The van der Waals surface area contributed by atoms with Crippen molar-refractivity contribution in [2.24, 2.45) is 0 Å². The Morgan fingerprint density at radius 3 is 1.17 bits per heavy atom. The van der Waals surface area contributed by atoms with Crippen LogP contribution in [-0.4, -0.2) is 9.97 Å². The zero-order chi connectivity index (χ0) is 28.6. The first-order valence-electron chi connectivity index (χ1n) is 14.8. The summed E-state index contributed by atoms with van der Waals surface area (Å²) >= 11 is 0. The van der Waals surface area contributed by atoms with Crippen LogP contribution in [0.3, 0.4) is 0 Å². The lowest BCUT2D eigenvalue weighted by Gasteiger charge is -2.22. The first-order valence-corrected chi connectivity index (χ1v) is 14.8. The second kappa shape index (κ2) is 8.84. The number of nitrogens with zero attached hydrogens (tertiary/aromatic N) is 2. The molecule has 0 aliphatic heterocycles. The van der Waals surface area contributed by atoms with E-state index in [0.717, 1.165) is 33.9 Å². The number of hydrogen-bond donors (Lipinski definition) is 0. The third kappa shape index (κ3) is 3.58. The van der Waals surface area contributed by atoms with Crippen LogP contribution in [-0.2, 0) is 10.8 Å². The Bertz CT molecular complexity index is 1870. The molecule has 42 heavy (non-hydrogen) atoms. The molecule has 8 rings (SSSR count). The van der Waals surface area contributed by atoms with Crippen LogP contribution in [0.2, 0.25) is 0 Å². The standard InChI is InChI=1S/C40H32N2/c1-39(2)31-17-15-27(23-29(31)37-33(39)19-21-35(41-37)25-11-7-5-8-12-25)28-16-18-32-30(24-28)38-34(40(32,3)4)20-22-36(42-38)26-13-9-6-10-14-26/h5-24H,1-4H3. The highest BCUT2D eigenvalue weighted by atomic mass is 14.7. The molecule has 2 heterocycles. The average Bonchev–Trinajstić information content (AvgIpc) is 3.40. The van der Waals surface area contributed by atoms with Crippen molar-refractivity contribution in [2.45, 2.75) is 38.5 Å². The van der Waals surface area contributed by atoms with Gasteiger partial charge in [-0.2, -0.15) is 0 Å². The Kier molecular flexibility index (Phi) is 5.25. The summed E-state index contributed by atoms with van der Waals surface area (Å²) in [6.07, 6.45) is 0. The van der Waals surface area contributed by atoms with Gasteiger partial charge in [-0.05, 0) is 57.6 Å². The molecule has 0 radical (unpaired) electrons. The van der Waals surface area contributed by atoms with Gasteiger partial charge in [0.15, 0.2) is 0 Å². The van der Waals surface area contributed by atoms with Gasteiger partial charge in [0.1, 0.15) is 0 Å². The van der Waals surface area contributed by atoms with E-state index in [4.69, 9.17) is 9.97 Å². The molecule has 0 atom stereocenters. The number of aromatic nitrogens is 2. The van der Waals surface area contributed by atoms with Gasteiger partial charge in [0.05, 0.1) is 22.8 Å². The van der Waals surface area contributed by atoms with E-state index >= 15 is 0 Å². The molecule has 0 saturated heterocycles. The maximum absolute atomic E-state index is 5.23. The summed E-state index contributed by atoms with van der Waals surface area (Å²) in [5, 5.41) is 0. The molecule has 2 aliphatic carbocycles. The van der Waals surface area contributed by atoms with Crippen molar-refractivity contribution in [1.82, 2.24) is 9.97 Å². The Morgan fingerprint density at radius 2 is 0.762 bits per heavy atom. The summed E-state index contributed by atoms with van der Waals surface area (Å²) in [7, 11) is 0. The fourth-order valence-corrected chi connectivity index (χ4v) is 7.10. The van der Waals surface area contributed by atoms with E-state index in [1.165, 1.54) is 44.5 Å². The van der Waals surface area contributed by atoms with Gasteiger partial charge in [-0.1, -0.05) is 125 Å². The van der Waals surface area contributed by atoms with Gasteiger partial charge in [-0.15, -0.1) is 0 Å². The molecule has 2 nitrogen and oxygen atoms in total. The predicted molar refractivity (Wildman–Crippen MR) is 173 cm³/mol. The molecule has 6 aromatic rings. The molecule has 0 amide bonds. The van der Waals surface area contributed by atoms with Gasteiger partial charge in [0, 0.05) is 33.1 Å². The fourth-order valence-electron chi connectivity index (χ4n) is 7.10. The first-order chi connectivity index (χ1) is 20.3. The van der Waals surface area contributed by atoms with Crippen molar-refractivity contribution < 1.29 is 0 Å². The molecule has 2 aliphatic rings. The van der Waals surface area contributed by atoms with Crippen LogP contribution in [0.5, 0.6) is 0 Å². The Hall–Kier alpha value is -4.82. The maximum atomic E-state index is 5.23. The lowest BCUT2D eigenvalue weighted by molar-refractivity contribution is 0.659. The molecular formula is C40H32N2. The second-order valence-corrected chi connectivity index (χ2v) is 12.7. The minimum absolute atomic E-state index is 0.0932. The van der Waals surface area contributed by atoms with Gasteiger partial charge in [0.25, 0.3) is 0 Å². The highest BCUT2D eigenvalue weighted by molar-refractivity contribution is 5.87. The Morgan fingerprint density at radius 1 is 0.381 bits per heavy atom. The second-order valence-electron chi connectivity index (χ2n) is 12.7. The van der Waals surface area contributed by atoms with E-state index in [9.17, 15) is 0 Å². The van der Waals surface area contributed by atoms with E-state index in [1.54, 1.807) is 0 Å². The zero-order valence-corrected chi connectivity index (χ0v) is 24.4. The van der Waals surface area contributed by atoms with Crippen molar-refractivity contribution in [3.05, 3.63) is 144 Å². The number of benzene rings is 4. The summed E-state index contributed by atoms with van der Waals surface area (Å²) in [5.41, 5.74) is 16.4. The largest absolute Gasteiger partial charge is 0.247 e. The minimum atomic E-state index is -0.0932. The molecule has 0 spiro atoms. The van der Waals surface area contributed by atoms with Crippen LogP contribution in [0.15, 0.2) is 121 Å². The molecule has 0 N–H and O–H groups in total. The van der Waals surface area contributed by atoms with E-state index in [1.807, 2.05) is 0 Å². The highest BCUT2D eigenvalue weighted by Crippen LogP contribution is 2.51. The van der Waals surface area contributed by atoms with Crippen LogP contribution in [0.1, 0.15) is 49.9 Å². The molecule has 2 aromatic heterocycles. The molecule has 0 saturated carbocycles. The Labute approximate surface area is 247 Å². The maximum Gasteiger partial charge on any atom is 0.0753 e. The minimum Gasteiger partial charge on any atom is -0.247 e. The average molecular weight is 541 g/mol. The summed E-state index contributed by atoms with van der Waals surface area (Å²) in [6, 6.07) is 43.7. The number of pyridine rings is 2. The highest BCUT2D eigenvalue weighted by Gasteiger charge is 2.38. The van der Waals surface area contributed by atoms with Crippen molar-refractivity contribution in [3.8, 4) is 56.2 Å². The topological polar surface area (TPSA) is 25.8 Å². The molecule has 202 valence electrons. The van der Waals surface area contributed by atoms with Crippen molar-refractivity contribution in [2.75, 3.05) is 0 Å². The quantitative estimate of drug-likeness (QED) is 0.223. The van der Waals surface area contributed by atoms with Crippen LogP contribution in [0, 0.1) is 0 Å². The van der Waals surface area contributed by atoms with Crippen molar-refractivity contribution in [1.29, 1.82) is 0 Å². The summed E-state index contributed by atoms with van der Waals surface area (Å²) in [5.74, 6) is 0. The molecule has 0 bridgehead atoms. The van der Waals surface area contributed by atoms with Crippen molar-refractivity contribution >= 4 is 0 Å². The van der Waals surface area contributed by atoms with Crippen LogP contribution in [0.25, 0.3) is 56.2 Å². The van der Waals surface area contributed by atoms with Gasteiger partial charge < -0.3 is 0 Å². The SMILES string of the molecule is CC1(C)c2ccc(-c3ccc4c(c3)-c3nc(-c5ccccc5)ccc3C4(C)C)cc2-c2nc(-c3ccccc3)ccc21. The van der Waals surface area contributed by atoms with Crippen LogP contribution in [0.4, 0.5) is 0 Å². The first kappa shape index (κ1) is 24.9. The number of hydrogen-bond acceptors (Lipinski definition) is 2. The van der Waals surface area contributed by atoms with Gasteiger partial charge in [-0.3, -0.25) is 0 Å². The van der Waals surface area contributed by atoms with Gasteiger partial charge in [-0.25, -0.2) is 9.97 Å². The zero-order valence-electron chi connectivity index (χ0n) is 24.4. The van der Waals surface area contributed by atoms with E-state index in [-0.39, 0.29) is 10.8 Å². The lowest BCUT2D eigenvalue weighted by atomic mass is 9.81.